The number of rotatable bonds is 2. The summed E-state index contributed by atoms with van der Waals surface area (Å²) in [6, 6.07) is 1.04. The molecule has 0 aliphatic carbocycles. The van der Waals surface area contributed by atoms with Gasteiger partial charge in [-0.1, -0.05) is 15.9 Å². The normalized spacial score (nSPS) is 10.5. The van der Waals surface area contributed by atoms with Crippen molar-refractivity contribution in [3.05, 3.63) is 27.7 Å². The summed E-state index contributed by atoms with van der Waals surface area (Å²) in [6.07, 6.45) is -2.68. The fourth-order valence-corrected chi connectivity index (χ4v) is 1.34. The van der Waals surface area contributed by atoms with Crippen LogP contribution in [0.25, 0.3) is 0 Å². The van der Waals surface area contributed by atoms with Gasteiger partial charge in [-0.15, -0.1) is 0 Å². The van der Waals surface area contributed by atoms with Gasteiger partial charge in [0.1, 0.15) is 5.69 Å². The van der Waals surface area contributed by atoms with Crippen molar-refractivity contribution in [3.8, 4) is 0 Å². The van der Waals surface area contributed by atoms with Gasteiger partial charge in [-0.3, -0.25) is 4.79 Å². The first-order chi connectivity index (χ1) is 6.06. The van der Waals surface area contributed by atoms with E-state index in [1.54, 1.807) is 0 Å². The van der Waals surface area contributed by atoms with Gasteiger partial charge in [-0.25, -0.2) is 13.8 Å². The van der Waals surface area contributed by atoms with Crippen molar-refractivity contribution in [1.82, 2.24) is 4.98 Å². The van der Waals surface area contributed by atoms with Crippen LogP contribution in [-0.4, -0.2) is 11.3 Å². The molecule has 0 aromatic carbocycles. The van der Waals surface area contributed by atoms with Crippen molar-refractivity contribution < 1.29 is 18.0 Å². The quantitative estimate of drug-likeness (QED) is 0.600. The Bertz CT molecular complexity index is 320. The van der Waals surface area contributed by atoms with Crippen LogP contribution in [0, 0.1) is 5.95 Å². The van der Waals surface area contributed by atoms with E-state index in [-0.39, 0.29) is 16.5 Å². The van der Waals surface area contributed by atoms with E-state index in [0.717, 1.165) is 6.07 Å². The minimum atomic E-state index is -2.96. The summed E-state index contributed by atoms with van der Waals surface area (Å²) >= 11 is 2.72. The molecule has 1 heterocycles. The molecule has 0 atom stereocenters. The van der Waals surface area contributed by atoms with Crippen molar-refractivity contribution in [2.24, 2.45) is 0 Å². The lowest BCUT2D eigenvalue weighted by Gasteiger charge is -2.03. The third kappa shape index (κ3) is 2.06. The summed E-state index contributed by atoms with van der Waals surface area (Å²) in [7, 11) is 0. The van der Waals surface area contributed by atoms with E-state index in [2.05, 4.69) is 20.9 Å². The number of hydrogen-bond acceptors (Lipinski definition) is 2. The monoisotopic (exact) mass is 253 g/mol. The first kappa shape index (κ1) is 10.2. The number of carbonyl (C=O) groups is 1. The summed E-state index contributed by atoms with van der Waals surface area (Å²) in [4.78, 5) is 13.2. The van der Waals surface area contributed by atoms with E-state index < -0.39 is 17.9 Å². The average Bonchev–Trinajstić information content (AvgIpc) is 2.02. The van der Waals surface area contributed by atoms with Crippen LogP contribution in [0.3, 0.4) is 0 Å². The molecular weight excluding hydrogens is 251 g/mol. The van der Waals surface area contributed by atoms with Crippen LogP contribution in [0.15, 0.2) is 10.5 Å². The highest BCUT2D eigenvalue weighted by Crippen LogP contribution is 2.29. The van der Waals surface area contributed by atoms with E-state index in [1.165, 1.54) is 0 Å². The molecule has 0 saturated heterocycles. The first-order valence-electron chi connectivity index (χ1n) is 3.15. The molecule has 1 aromatic rings. The highest BCUT2D eigenvalue weighted by molar-refractivity contribution is 9.10. The highest BCUT2D eigenvalue weighted by atomic mass is 79.9. The third-order valence-corrected chi connectivity index (χ3v) is 1.98. The molecule has 2 nitrogen and oxygen atoms in total. The fourth-order valence-electron chi connectivity index (χ4n) is 0.767. The second-order valence-corrected chi connectivity index (χ2v) is 3.01. The Morgan fingerprint density at radius 3 is 2.54 bits per heavy atom. The predicted octanol–water partition coefficient (Wildman–Crippen LogP) is 2.73. The molecule has 0 bridgehead atoms. The lowest BCUT2D eigenvalue weighted by atomic mass is 10.2. The zero-order chi connectivity index (χ0) is 10.0. The second kappa shape index (κ2) is 3.87. The molecule has 0 amide bonds. The Labute approximate surface area is 79.9 Å². The number of hydrogen-bond donors (Lipinski definition) is 0. The predicted molar refractivity (Wildman–Crippen MR) is 42.2 cm³/mol. The minimum Gasteiger partial charge on any atom is -0.296 e. The van der Waals surface area contributed by atoms with Crippen molar-refractivity contribution >= 4 is 22.2 Å². The van der Waals surface area contributed by atoms with Gasteiger partial charge < -0.3 is 0 Å². The van der Waals surface area contributed by atoms with Gasteiger partial charge >= 0.3 is 0 Å². The van der Waals surface area contributed by atoms with Crippen LogP contribution < -0.4 is 0 Å². The van der Waals surface area contributed by atoms with Gasteiger partial charge in [0, 0.05) is 4.47 Å². The molecule has 0 aliphatic heterocycles. The van der Waals surface area contributed by atoms with E-state index in [4.69, 9.17) is 0 Å². The number of nitrogens with zero attached hydrogens (tertiary/aromatic N) is 1. The van der Waals surface area contributed by atoms with Crippen LogP contribution in [0.5, 0.6) is 0 Å². The number of alkyl halides is 2. The lowest BCUT2D eigenvalue weighted by molar-refractivity contribution is 0.111. The topological polar surface area (TPSA) is 30.0 Å². The van der Waals surface area contributed by atoms with E-state index in [1.807, 2.05) is 0 Å². The number of aromatic nitrogens is 1. The number of carbonyl (C=O) groups excluding carboxylic acids is 1. The Morgan fingerprint density at radius 2 is 2.15 bits per heavy atom. The van der Waals surface area contributed by atoms with Crippen LogP contribution in [0.1, 0.15) is 22.5 Å². The van der Waals surface area contributed by atoms with Crippen LogP contribution in [0.2, 0.25) is 0 Å². The first-order valence-corrected chi connectivity index (χ1v) is 3.95. The summed E-state index contributed by atoms with van der Waals surface area (Å²) in [6.45, 7) is 0. The molecule has 1 rings (SSSR count). The van der Waals surface area contributed by atoms with Crippen LogP contribution >= 0.6 is 15.9 Å². The van der Waals surface area contributed by atoms with Crippen LogP contribution in [0.4, 0.5) is 13.2 Å². The van der Waals surface area contributed by atoms with Crippen molar-refractivity contribution in [3.63, 3.8) is 0 Å². The number of aldehydes is 1. The largest absolute Gasteiger partial charge is 0.296 e. The molecule has 0 radical (unpaired) electrons. The van der Waals surface area contributed by atoms with Crippen LogP contribution in [-0.2, 0) is 0 Å². The number of pyridine rings is 1. The zero-order valence-corrected chi connectivity index (χ0v) is 7.69. The molecule has 6 heteroatoms. The SMILES string of the molecule is O=Cc1cc(Br)c(C(F)F)c(F)n1. The minimum absolute atomic E-state index is 0.155. The third-order valence-electron chi connectivity index (χ3n) is 1.32. The maximum atomic E-state index is 12.8. The van der Waals surface area contributed by atoms with E-state index in [0.29, 0.717) is 0 Å². The highest BCUT2D eigenvalue weighted by Gasteiger charge is 2.19. The van der Waals surface area contributed by atoms with E-state index in [9.17, 15) is 18.0 Å². The summed E-state index contributed by atoms with van der Waals surface area (Å²) in [5, 5.41) is 0. The molecule has 0 unspecified atom stereocenters. The van der Waals surface area contributed by atoms with Crippen molar-refractivity contribution in [2.45, 2.75) is 6.43 Å². The average molecular weight is 254 g/mol. The van der Waals surface area contributed by atoms with Crippen molar-refractivity contribution in [2.75, 3.05) is 0 Å². The second-order valence-electron chi connectivity index (χ2n) is 2.15. The molecule has 0 aliphatic rings. The zero-order valence-electron chi connectivity index (χ0n) is 6.10. The summed E-state index contributed by atoms with van der Waals surface area (Å²) < 4.78 is 36.9. The Kier molecular flexibility index (Phi) is 3.02. The maximum Gasteiger partial charge on any atom is 0.269 e. The van der Waals surface area contributed by atoms with Gasteiger partial charge in [0.05, 0.1) is 5.56 Å². The molecular formula is C7H3BrF3NO. The molecule has 13 heavy (non-hydrogen) atoms. The fraction of sp³-hybridized carbons (Fsp3) is 0.143. The molecule has 0 saturated carbocycles. The molecule has 70 valence electrons. The van der Waals surface area contributed by atoms with Gasteiger partial charge in [0.2, 0.25) is 5.95 Å². The summed E-state index contributed by atoms with van der Waals surface area (Å²) in [5.41, 5.74) is -1.06. The molecule has 0 fully saturated rings. The molecule has 0 spiro atoms. The summed E-state index contributed by atoms with van der Waals surface area (Å²) in [5.74, 6) is -1.33. The number of halogens is 4. The Balaban J connectivity index is 3.31. The maximum absolute atomic E-state index is 12.8. The Hall–Kier alpha value is -0.910. The van der Waals surface area contributed by atoms with Gasteiger partial charge in [-0.05, 0) is 6.07 Å². The van der Waals surface area contributed by atoms with Gasteiger partial charge in [-0.2, -0.15) is 4.39 Å². The Morgan fingerprint density at radius 1 is 1.54 bits per heavy atom. The molecule has 1 aromatic heterocycles. The smallest absolute Gasteiger partial charge is 0.269 e. The molecule has 0 N–H and O–H groups in total. The van der Waals surface area contributed by atoms with Gasteiger partial charge in [0.25, 0.3) is 6.43 Å². The lowest BCUT2D eigenvalue weighted by Crippen LogP contribution is -1.99. The van der Waals surface area contributed by atoms with Crippen molar-refractivity contribution in [1.29, 1.82) is 0 Å². The standard InChI is InChI=1S/C7H3BrF3NO/c8-4-1-3(2-13)12-7(11)5(4)6(9)10/h1-2,6H. The van der Waals surface area contributed by atoms with E-state index >= 15 is 0 Å². The van der Waals surface area contributed by atoms with Gasteiger partial charge in [0.15, 0.2) is 6.29 Å².